The predicted octanol–water partition coefficient (Wildman–Crippen LogP) is 6.37. The van der Waals surface area contributed by atoms with E-state index < -0.39 is 8.07 Å². The van der Waals surface area contributed by atoms with Gasteiger partial charge in [-0.05, 0) is 11.0 Å². The maximum absolute atomic E-state index is 2.40. The molecule has 0 heterocycles. The van der Waals surface area contributed by atoms with Gasteiger partial charge in [-0.3, -0.25) is 0 Å². The molecule has 2 heteroatoms. The predicted molar refractivity (Wildman–Crippen MR) is 111 cm³/mol. The Morgan fingerprint density at radius 3 is 2.00 bits per heavy atom. The first-order chi connectivity index (χ1) is 11.1. The van der Waals surface area contributed by atoms with Crippen molar-refractivity contribution in [3.05, 3.63) is 59.7 Å². The zero-order valence-electron chi connectivity index (χ0n) is 16.6. The molecule has 0 aromatic heterocycles. The van der Waals surface area contributed by atoms with Gasteiger partial charge in [0.15, 0.2) is 0 Å². The molecule has 0 unspecified atom stereocenters. The van der Waals surface area contributed by atoms with E-state index >= 15 is 0 Å². The van der Waals surface area contributed by atoms with Gasteiger partial charge in [0.05, 0.1) is 8.07 Å². The third-order valence-corrected chi connectivity index (χ3v) is 7.11. The second-order valence-corrected chi connectivity index (χ2v) is 14.1. The molecule has 3 aromatic carbocycles. The number of aryl methyl sites for hydroxylation is 1. The van der Waals surface area contributed by atoms with Gasteiger partial charge in [0, 0.05) is 26.2 Å². The van der Waals surface area contributed by atoms with Crippen molar-refractivity contribution < 1.29 is 26.2 Å². The van der Waals surface area contributed by atoms with E-state index in [-0.39, 0.29) is 31.6 Å². The number of hydrogen-bond donors (Lipinski definition) is 0. The second kappa shape index (κ2) is 7.05. The Hall–Kier alpha value is -0.850. The van der Waals surface area contributed by atoms with Gasteiger partial charge in [-0.25, -0.2) is 0 Å². The van der Waals surface area contributed by atoms with E-state index in [2.05, 4.69) is 95.9 Å². The molecule has 130 valence electrons. The maximum atomic E-state index is 2.40. The van der Waals surface area contributed by atoms with Crippen LogP contribution in [-0.4, -0.2) is 8.07 Å². The molecule has 0 saturated heterocycles. The van der Waals surface area contributed by atoms with Crippen molar-refractivity contribution in [1.82, 2.24) is 0 Å². The molecule has 0 spiro atoms. The SMILES string of the molecule is Cc1c(C(C)(C)C)[cH-]c2cccc(-c3ccc([Si](C)(C)C)cc3)c12.[Zr]. The van der Waals surface area contributed by atoms with Gasteiger partial charge in [0.25, 0.3) is 0 Å². The van der Waals surface area contributed by atoms with E-state index in [1.54, 1.807) is 0 Å². The molecule has 0 saturated carbocycles. The summed E-state index contributed by atoms with van der Waals surface area (Å²) >= 11 is 0. The van der Waals surface area contributed by atoms with Crippen molar-refractivity contribution in [1.29, 1.82) is 0 Å². The smallest absolute Gasteiger partial charge is 0.0775 e. The van der Waals surface area contributed by atoms with Crippen LogP contribution in [0.1, 0.15) is 31.9 Å². The molecule has 0 radical (unpaired) electrons. The molecule has 3 rings (SSSR count). The van der Waals surface area contributed by atoms with Crippen molar-refractivity contribution in [3.8, 4) is 11.1 Å². The van der Waals surface area contributed by atoms with Gasteiger partial charge in [-0.2, -0.15) is 5.56 Å². The monoisotopic (exact) mass is 423 g/mol. The summed E-state index contributed by atoms with van der Waals surface area (Å²) in [5.41, 5.74) is 5.77. The van der Waals surface area contributed by atoms with Crippen molar-refractivity contribution in [2.24, 2.45) is 0 Å². The van der Waals surface area contributed by atoms with E-state index in [0.717, 1.165) is 0 Å². The van der Waals surface area contributed by atoms with Gasteiger partial charge in [0.1, 0.15) is 0 Å². The van der Waals surface area contributed by atoms with E-state index in [1.165, 1.54) is 38.2 Å². The summed E-state index contributed by atoms with van der Waals surface area (Å²) in [7, 11) is -1.24. The summed E-state index contributed by atoms with van der Waals surface area (Å²) in [4.78, 5) is 0. The summed E-state index contributed by atoms with van der Waals surface area (Å²) in [5.74, 6) is 0. The molecule has 0 atom stereocenters. The Kier molecular flexibility index (Phi) is 5.77. The third-order valence-electron chi connectivity index (χ3n) is 5.05. The largest absolute Gasteiger partial charge is 0.152 e. The van der Waals surface area contributed by atoms with E-state index in [9.17, 15) is 0 Å². The van der Waals surface area contributed by atoms with Crippen LogP contribution in [-0.2, 0) is 31.6 Å². The van der Waals surface area contributed by atoms with E-state index in [1.807, 2.05) is 0 Å². The zero-order chi connectivity index (χ0) is 17.7. The van der Waals surface area contributed by atoms with Crippen LogP contribution in [0.2, 0.25) is 19.6 Å². The minimum Gasteiger partial charge on any atom is -0.152 e. The third kappa shape index (κ3) is 3.96. The fraction of sp³-hybridized carbons (Fsp3) is 0.348. The van der Waals surface area contributed by atoms with Crippen LogP contribution in [0.4, 0.5) is 0 Å². The van der Waals surface area contributed by atoms with Crippen molar-refractivity contribution in [2.75, 3.05) is 0 Å². The molecular formula is C23H29SiZr-. The number of rotatable bonds is 2. The Morgan fingerprint density at radius 2 is 1.48 bits per heavy atom. The summed E-state index contributed by atoms with van der Waals surface area (Å²) in [6, 6.07) is 18.4. The number of hydrogen-bond acceptors (Lipinski definition) is 0. The van der Waals surface area contributed by atoms with Gasteiger partial charge in [0.2, 0.25) is 0 Å². The standard InChI is InChI=1S/C23H29Si.Zr/c1-16-21(23(2,3)4)15-18-9-8-10-20(22(16)18)17-11-13-19(14-12-17)24(5,6)7;/h8-15H,1-7H3;/q-1;. The molecular weight excluding hydrogens is 396 g/mol. The second-order valence-electron chi connectivity index (χ2n) is 9.03. The average molecular weight is 425 g/mol. The van der Waals surface area contributed by atoms with Crippen molar-refractivity contribution in [2.45, 2.75) is 52.8 Å². The van der Waals surface area contributed by atoms with Gasteiger partial charge in [-0.15, -0.1) is 34.5 Å². The molecule has 0 bridgehead atoms. The molecule has 0 nitrogen and oxygen atoms in total. The first-order valence-electron chi connectivity index (χ1n) is 8.89. The van der Waals surface area contributed by atoms with Gasteiger partial charge >= 0.3 is 0 Å². The van der Waals surface area contributed by atoms with Crippen LogP contribution in [0.15, 0.2) is 48.5 Å². The van der Waals surface area contributed by atoms with Gasteiger partial charge < -0.3 is 0 Å². The molecule has 0 fully saturated rings. The van der Waals surface area contributed by atoms with Crippen molar-refractivity contribution in [3.63, 3.8) is 0 Å². The molecule has 0 N–H and O–H groups in total. The summed E-state index contributed by atoms with van der Waals surface area (Å²) in [5, 5.41) is 4.31. The topological polar surface area (TPSA) is 0 Å². The van der Waals surface area contributed by atoms with E-state index in [4.69, 9.17) is 0 Å². The minimum atomic E-state index is -1.24. The molecule has 0 aliphatic rings. The molecule has 3 aromatic rings. The van der Waals surface area contributed by atoms with Crippen LogP contribution in [0.25, 0.3) is 21.9 Å². The Morgan fingerprint density at radius 1 is 0.880 bits per heavy atom. The van der Waals surface area contributed by atoms with Gasteiger partial charge in [-0.1, -0.05) is 88.4 Å². The molecule has 0 amide bonds. The van der Waals surface area contributed by atoms with Crippen LogP contribution in [0.3, 0.4) is 0 Å². The minimum absolute atomic E-state index is 0. The summed E-state index contributed by atoms with van der Waals surface area (Å²) in [6.45, 7) is 16.4. The van der Waals surface area contributed by atoms with Crippen molar-refractivity contribution >= 4 is 24.0 Å². The first kappa shape index (κ1) is 20.5. The van der Waals surface area contributed by atoms with Crippen LogP contribution in [0, 0.1) is 6.92 Å². The number of fused-ring (bicyclic) bond motifs is 1. The normalized spacial score (nSPS) is 12.3. The molecule has 0 aliphatic carbocycles. The fourth-order valence-corrected chi connectivity index (χ4v) is 4.84. The zero-order valence-corrected chi connectivity index (χ0v) is 20.1. The van der Waals surface area contributed by atoms with E-state index in [0.29, 0.717) is 0 Å². The van der Waals surface area contributed by atoms with Crippen LogP contribution < -0.4 is 5.19 Å². The average Bonchev–Trinajstić information content (AvgIpc) is 2.84. The number of benzene rings is 2. The van der Waals surface area contributed by atoms with Crippen LogP contribution in [0.5, 0.6) is 0 Å². The summed E-state index contributed by atoms with van der Waals surface area (Å²) < 4.78 is 0. The molecule has 0 aliphatic heterocycles. The summed E-state index contributed by atoms with van der Waals surface area (Å²) in [6.07, 6.45) is 0. The Bertz CT molecular complexity index is 871. The maximum Gasteiger partial charge on any atom is 0.0775 e. The Balaban J connectivity index is 0.00000225. The van der Waals surface area contributed by atoms with Crippen LogP contribution >= 0.6 is 0 Å². The quantitative estimate of drug-likeness (QED) is 0.331. The molecule has 25 heavy (non-hydrogen) atoms. The fourth-order valence-electron chi connectivity index (χ4n) is 3.68. The Labute approximate surface area is 173 Å². The first-order valence-corrected chi connectivity index (χ1v) is 12.4.